The summed E-state index contributed by atoms with van der Waals surface area (Å²) >= 11 is 0. The normalized spacial score (nSPS) is 11.9. The highest BCUT2D eigenvalue weighted by atomic mass is 19.3. The summed E-state index contributed by atoms with van der Waals surface area (Å²) in [7, 11) is 1.54. The van der Waals surface area contributed by atoms with Crippen molar-refractivity contribution in [1.29, 1.82) is 0 Å². The van der Waals surface area contributed by atoms with Gasteiger partial charge in [0.05, 0.1) is 19.8 Å². The molecule has 0 bridgehead atoms. The second-order valence-corrected chi connectivity index (χ2v) is 5.10. The van der Waals surface area contributed by atoms with E-state index in [1.165, 1.54) is 19.2 Å². The van der Waals surface area contributed by atoms with E-state index in [2.05, 4.69) is 5.32 Å². The molecule has 0 unspecified atom stereocenters. The van der Waals surface area contributed by atoms with E-state index in [0.717, 1.165) is 0 Å². The average molecular weight is 287 g/mol. The van der Waals surface area contributed by atoms with E-state index in [0.29, 0.717) is 31.4 Å². The first-order valence-electron chi connectivity index (χ1n) is 6.76. The van der Waals surface area contributed by atoms with Crippen molar-refractivity contribution in [3.05, 3.63) is 29.8 Å². The molecule has 1 N–H and O–H groups in total. The molecule has 5 heteroatoms. The Bertz CT molecular complexity index is 380. The summed E-state index contributed by atoms with van der Waals surface area (Å²) in [5.74, 6) is -1.88. The summed E-state index contributed by atoms with van der Waals surface area (Å²) < 4.78 is 38.0. The van der Waals surface area contributed by atoms with Crippen LogP contribution in [0, 0.1) is 5.92 Å². The Balaban J connectivity index is 2.52. The molecule has 0 aromatic heterocycles. The molecule has 1 aromatic carbocycles. The largest absolute Gasteiger partial charge is 0.493 e. The number of hydrogen-bond acceptors (Lipinski definition) is 3. The minimum Gasteiger partial charge on any atom is -0.493 e. The first kappa shape index (κ1) is 16.9. The van der Waals surface area contributed by atoms with Crippen LogP contribution in [0.5, 0.6) is 5.75 Å². The van der Waals surface area contributed by atoms with Crippen LogP contribution in [0.4, 0.5) is 8.78 Å². The van der Waals surface area contributed by atoms with Gasteiger partial charge in [0.1, 0.15) is 5.75 Å². The van der Waals surface area contributed by atoms with Crippen molar-refractivity contribution in [2.24, 2.45) is 5.92 Å². The lowest BCUT2D eigenvalue weighted by molar-refractivity contribution is -0.00419. The molecular weight excluding hydrogens is 264 g/mol. The predicted molar refractivity (Wildman–Crippen MR) is 75.4 cm³/mol. The maximum Gasteiger partial charge on any atom is 0.285 e. The second-order valence-electron chi connectivity index (χ2n) is 5.10. The van der Waals surface area contributed by atoms with E-state index in [4.69, 9.17) is 9.47 Å². The van der Waals surface area contributed by atoms with Gasteiger partial charge < -0.3 is 14.8 Å². The number of methoxy groups -OCH3 is 1. The third kappa shape index (κ3) is 5.84. The number of nitrogens with one attached hydrogen (secondary N) is 1. The summed E-state index contributed by atoms with van der Waals surface area (Å²) in [5, 5.41) is 2.67. The van der Waals surface area contributed by atoms with E-state index in [1.807, 2.05) is 13.8 Å². The first-order valence-corrected chi connectivity index (χ1v) is 6.76. The second kappa shape index (κ2) is 8.17. The smallest absolute Gasteiger partial charge is 0.285 e. The Morgan fingerprint density at radius 1 is 1.20 bits per heavy atom. The standard InChI is InChI=1S/C15H23F2NO2/c1-12(2)10-20-14-6-4-13(5-7-14)15(16,17)11-18-8-9-19-3/h4-7,12,18H,8-11H2,1-3H3. The molecule has 1 aromatic rings. The fraction of sp³-hybridized carbons (Fsp3) is 0.600. The van der Waals surface area contributed by atoms with Crippen molar-refractivity contribution in [3.63, 3.8) is 0 Å². The topological polar surface area (TPSA) is 30.5 Å². The van der Waals surface area contributed by atoms with Crippen molar-refractivity contribution in [2.45, 2.75) is 19.8 Å². The van der Waals surface area contributed by atoms with Crippen molar-refractivity contribution < 1.29 is 18.3 Å². The monoisotopic (exact) mass is 287 g/mol. The highest BCUT2D eigenvalue weighted by molar-refractivity contribution is 5.30. The molecular formula is C15H23F2NO2. The minimum absolute atomic E-state index is 0.0145. The lowest BCUT2D eigenvalue weighted by Gasteiger charge is -2.18. The first-order chi connectivity index (χ1) is 9.45. The fourth-order valence-electron chi connectivity index (χ4n) is 1.58. The fourth-order valence-corrected chi connectivity index (χ4v) is 1.58. The zero-order valence-corrected chi connectivity index (χ0v) is 12.3. The number of benzene rings is 1. The van der Waals surface area contributed by atoms with Crippen LogP contribution in [0.1, 0.15) is 19.4 Å². The van der Waals surface area contributed by atoms with Gasteiger partial charge in [0, 0.05) is 19.2 Å². The summed E-state index contributed by atoms with van der Waals surface area (Å²) in [5.41, 5.74) is -0.0145. The van der Waals surface area contributed by atoms with E-state index in [-0.39, 0.29) is 5.56 Å². The Kier molecular flexibility index (Phi) is 6.88. The van der Waals surface area contributed by atoms with Crippen LogP contribution in [0.2, 0.25) is 0 Å². The van der Waals surface area contributed by atoms with Crippen molar-refractivity contribution >= 4 is 0 Å². The van der Waals surface area contributed by atoms with Crippen LogP contribution < -0.4 is 10.1 Å². The van der Waals surface area contributed by atoms with E-state index in [9.17, 15) is 8.78 Å². The molecule has 0 atom stereocenters. The van der Waals surface area contributed by atoms with Crippen LogP contribution in [-0.4, -0.2) is 33.4 Å². The van der Waals surface area contributed by atoms with E-state index >= 15 is 0 Å². The molecule has 3 nitrogen and oxygen atoms in total. The van der Waals surface area contributed by atoms with Gasteiger partial charge in [0.15, 0.2) is 0 Å². The quantitative estimate of drug-likeness (QED) is 0.708. The number of ether oxygens (including phenoxy) is 2. The highest BCUT2D eigenvalue weighted by Crippen LogP contribution is 2.28. The van der Waals surface area contributed by atoms with Crippen molar-refractivity contribution in [1.82, 2.24) is 5.32 Å². The summed E-state index contributed by atoms with van der Waals surface area (Å²) in [6, 6.07) is 5.99. The predicted octanol–water partition coefficient (Wildman–Crippen LogP) is 3.05. The third-order valence-corrected chi connectivity index (χ3v) is 2.69. The van der Waals surface area contributed by atoms with Gasteiger partial charge >= 0.3 is 0 Å². The Morgan fingerprint density at radius 2 is 1.85 bits per heavy atom. The minimum atomic E-state index is -2.90. The highest BCUT2D eigenvalue weighted by Gasteiger charge is 2.30. The maximum atomic E-state index is 13.9. The Hall–Kier alpha value is -1.20. The number of halogens is 2. The van der Waals surface area contributed by atoms with E-state index < -0.39 is 12.5 Å². The molecule has 0 aliphatic carbocycles. The zero-order valence-electron chi connectivity index (χ0n) is 12.3. The van der Waals surface area contributed by atoms with Gasteiger partial charge in [-0.2, -0.15) is 8.78 Å². The van der Waals surface area contributed by atoms with Gasteiger partial charge in [-0.15, -0.1) is 0 Å². The van der Waals surface area contributed by atoms with Crippen molar-refractivity contribution in [3.8, 4) is 5.75 Å². The Labute approximate surface area is 119 Å². The van der Waals surface area contributed by atoms with Gasteiger partial charge in [-0.25, -0.2) is 0 Å². The molecule has 0 spiro atoms. The molecule has 0 heterocycles. The van der Waals surface area contributed by atoms with E-state index in [1.54, 1.807) is 12.1 Å². The molecule has 0 aliphatic rings. The molecule has 0 radical (unpaired) electrons. The number of hydrogen-bond donors (Lipinski definition) is 1. The van der Waals surface area contributed by atoms with Gasteiger partial charge in [0.25, 0.3) is 5.92 Å². The van der Waals surface area contributed by atoms with Gasteiger partial charge in [-0.3, -0.25) is 0 Å². The van der Waals surface area contributed by atoms with Gasteiger partial charge in [0.2, 0.25) is 0 Å². The summed E-state index contributed by atoms with van der Waals surface area (Å²) in [6.07, 6.45) is 0. The SMILES string of the molecule is COCCNCC(F)(F)c1ccc(OCC(C)C)cc1. The molecule has 114 valence electrons. The van der Waals surface area contributed by atoms with Crippen LogP contribution in [0.3, 0.4) is 0 Å². The maximum absolute atomic E-state index is 13.9. The molecule has 0 amide bonds. The Morgan fingerprint density at radius 3 is 2.40 bits per heavy atom. The van der Waals surface area contributed by atoms with Crippen molar-refractivity contribution in [2.75, 3.05) is 33.4 Å². The van der Waals surface area contributed by atoms with Crippen LogP contribution >= 0.6 is 0 Å². The molecule has 0 fully saturated rings. The lowest BCUT2D eigenvalue weighted by Crippen LogP contribution is -2.32. The number of rotatable bonds is 9. The van der Waals surface area contributed by atoms with Crippen LogP contribution in [0.25, 0.3) is 0 Å². The molecule has 20 heavy (non-hydrogen) atoms. The number of alkyl halides is 2. The molecule has 0 saturated carbocycles. The average Bonchev–Trinajstić information content (AvgIpc) is 2.42. The lowest BCUT2D eigenvalue weighted by atomic mass is 10.1. The molecule has 1 rings (SSSR count). The van der Waals surface area contributed by atoms with Crippen LogP contribution in [0.15, 0.2) is 24.3 Å². The van der Waals surface area contributed by atoms with Gasteiger partial charge in [-0.05, 0) is 30.2 Å². The summed E-state index contributed by atoms with van der Waals surface area (Å²) in [6.45, 7) is 5.07. The molecule has 0 aliphatic heterocycles. The summed E-state index contributed by atoms with van der Waals surface area (Å²) in [4.78, 5) is 0. The zero-order chi connectivity index (χ0) is 15.0. The third-order valence-electron chi connectivity index (χ3n) is 2.69. The van der Waals surface area contributed by atoms with Gasteiger partial charge in [-0.1, -0.05) is 13.8 Å². The van der Waals surface area contributed by atoms with Crippen LogP contribution in [-0.2, 0) is 10.7 Å². The molecule has 0 saturated heterocycles.